The number of hydrogen-bond acceptors (Lipinski definition) is 0. The van der Waals surface area contributed by atoms with Crippen molar-refractivity contribution in [1.29, 1.82) is 0 Å². The number of fused-ring (bicyclic) bond motifs is 6. The summed E-state index contributed by atoms with van der Waals surface area (Å²) in [5, 5.41) is 5.07. The quantitative estimate of drug-likeness (QED) is 0.236. The van der Waals surface area contributed by atoms with Gasteiger partial charge in [0.05, 0.1) is 27.8 Å². The van der Waals surface area contributed by atoms with E-state index in [2.05, 4.69) is 155 Å². The summed E-state index contributed by atoms with van der Waals surface area (Å²) in [5.41, 5.74) is 9.69. The lowest BCUT2D eigenvalue weighted by Gasteiger charge is -2.14. The lowest BCUT2D eigenvalue weighted by molar-refractivity contribution is 1.13. The molecule has 0 aliphatic heterocycles. The van der Waals surface area contributed by atoms with E-state index < -0.39 is 0 Å². The second-order valence-electron chi connectivity index (χ2n) is 9.78. The van der Waals surface area contributed by atoms with Gasteiger partial charge >= 0.3 is 0 Å². The molecule has 0 radical (unpaired) electrons. The van der Waals surface area contributed by atoms with Crippen LogP contribution in [0.1, 0.15) is 0 Å². The summed E-state index contributed by atoms with van der Waals surface area (Å²) < 4.78 is 4.87. The molecule has 2 nitrogen and oxygen atoms in total. The minimum absolute atomic E-state index is 1.16. The van der Waals surface area contributed by atoms with E-state index in [0.29, 0.717) is 0 Å². The van der Waals surface area contributed by atoms with E-state index in [4.69, 9.17) is 0 Å². The van der Waals surface area contributed by atoms with Gasteiger partial charge in [-0.25, -0.2) is 0 Å². The zero-order chi connectivity index (χ0) is 25.1. The van der Waals surface area contributed by atoms with Gasteiger partial charge in [0.15, 0.2) is 0 Å². The third kappa shape index (κ3) is 2.95. The minimum atomic E-state index is 1.16. The molecule has 0 aliphatic rings. The molecule has 0 fully saturated rings. The minimum Gasteiger partial charge on any atom is -0.307 e. The first-order chi connectivity index (χ1) is 18.9. The Morgan fingerprint density at radius 1 is 0.368 bits per heavy atom. The van der Waals surface area contributed by atoms with Crippen LogP contribution in [-0.2, 0) is 0 Å². The summed E-state index contributed by atoms with van der Waals surface area (Å²) in [4.78, 5) is 0. The highest BCUT2D eigenvalue weighted by molar-refractivity contribution is 6.18. The molecule has 2 heteroatoms. The van der Waals surface area contributed by atoms with E-state index in [9.17, 15) is 0 Å². The van der Waals surface area contributed by atoms with Crippen LogP contribution in [0, 0.1) is 0 Å². The van der Waals surface area contributed by atoms with Gasteiger partial charge in [-0.05, 0) is 47.5 Å². The molecule has 8 rings (SSSR count). The lowest BCUT2D eigenvalue weighted by atomic mass is 9.99. The van der Waals surface area contributed by atoms with E-state index in [1.165, 1.54) is 60.4 Å². The SMILES string of the molecule is c1ccc(-c2cccc3c2c2ccccc2n3-c2cccc3c4ccccc4n(-c4ccccc4)c23)cc1. The summed E-state index contributed by atoms with van der Waals surface area (Å²) >= 11 is 0. The van der Waals surface area contributed by atoms with E-state index in [1.54, 1.807) is 0 Å². The van der Waals surface area contributed by atoms with E-state index in [-0.39, 0.29) is 0 Å². The largest absolute Gasteiger partial charge is 0.307 e. The number of aromatic nitrogens is 2. The third-order valence-corrected chi connectivity index (χ3v) is 7.71. The van der Waals surface area contributed by atoms with Crippen LogP contribution < -0.4 is 0 Å². The predicted octanol–water partition coefficient (Wildman–Crippen LogP) is 9.55. The van der Waals surface area contributed by atoms with Gasteiger partial charge in [-0.2, -0.15) is 0 Å². The van der Waals surface area contributed by atoms with Gasteiger partial charge in [0, 0.05) is 27.2 Å². The van der Waals surface area contributed by atoms with Crippen molar-refractivity contribution >= 4 is 43.6 Å². The fraction of sp³-hybridized carbons (Fsp3) is 0. The molecule has 0 aliphatic carbocycles. The Hall–Kier alpha value is -5.08. The first kappa shape index (κ1) is 21.0. The summed E-state index contributed by atoms with van der Waals surface area (Å²) in [7, 11) is 0. The summed E-state index contributed by atoms with van der Waals surface area (Å²) in [6.07, 6.45) is 0. The van der Waals surface area contributed by atoms with Crippen LogP contribution in [0.15, 0.2) is 146 Å². The highest BCUT2D eigenvalue weighted by Crippen LogP contribution is 2.41. The van der Waals surface area contributed by atoms with Crippen molar-refractivity contribution < 1.29 is 0 Å². The number of rotatable bonds is 3. The van der Waals surface area contributed by atoms with Gasteiger partial charge in [-0.3, -0.25) is 0 Å². The Bertz CT molecular complexity index is 2110. The number of nitrogens with zero attached hydrogens (tertiary/aromatic N) is 2. The molecule has 2 heterocycles. The number of para-hydroxylation sites is 4. The Balaban J connectivity index is 1.57. The van der Waals surface area contributed by atoms with Gasteiger partial charge in [-0.15, -0.1) is 0 Å². The Labute approximate surface area is 220 Å². The van der Waals surface area contributed by atoms with Crippen LogP contribution in [0.4, 0.5) is 0 Å². The summed E-state index contributed by atoms with van der Waals surface area (Å²) in [5.74, 6) is 0. The van der Waals surface area contributed by atoms with Gasteiger partial charge in [0.25, 0.3) is 0 Å². The van der Waals surface area contributed by atoms with E-state index in [0.717, 1.165) is 5.69 Å². The van der Waals surface area contributed by atoms with Crippen LogP contribution in [0.5, 0.6) is 0 Å². The van der Waals surface area contributed by atoms with Crippen LogP contribution in [0.25, 0.3) is 66.1 Å². The molecule has 8 aromatic rings. The highest BCUT2D eigenvalue weighted by atomic mass is 15.1. The molecule has 0 saturated carbocycles. The second kappa shape index (κ2) is 8.22. The van der Waals surface area contributed by atoms with Crippen molar-refractivity contribution in [3.8, 4) is 22.5 Å². The normalized spacial score (nSPS) is 11.7. The molecule has 0 spiro atoms. The maximum absolute atomic E-state index is 2.46. The molecule has 0 unspecified atom stereocenters. The van der Waals surface area contributed by atoms with Crippen LogP contribution in [0.2, 0.25) is 0 Å². The van der Waals surface area contributed by atoms with Gasteiger partial charge < -0.3 is 9.13 Å². The molecule has 38 heavy (non-hydrogen) atoms. The molecule has 0 N–H and O–H groups in total. The summed E-state index contributed by atoms with van der Waals surface area (Å²) in [6.45, 7) is 0. The van der Waals surface area contributed by atoms with Crippen molar-refractivity contribution in [3.63, 3.8) is 0 Å². The fourth-order valence-corrected chi connectivity index (χ4v) is 6.16. The smallest absolute Gasteiger partial charge is 0.0782 e. The first-order valence-electron chi connectivity index (χ1n) is 13.1. The molecule has 0 amide bonds. The standard InChI is InChI=1S/C36H24N2/c1-3-13-25(14-4-1)27-19-11-23-33-35(27)30-18-8-10-22-32(30)38(33)34-24-12-20-29-28-17-7-9-21-31(28)37(36(29)34)26-15-5-2-6-16-26/h1-24H. The van der Waals surface area contributed by atoms with Gasteiger partial charge in [-0.1, -0.05) is 109 Å². The maximum Gasteiger partial charge on any atom is 0.0782 e. The van der Waals surface area contributed by atoms with Crippen molar-refractivity contribution in [2.75, 3.05) is 0 Å². The van der Waals surface area contributed by atoms with Crippen LogP contribution >= 0.6 is 0 Å². The molecule has 0 bridgehead atoms. The Kier molecular flexibility index (Phi) is 4.55. The topological polar surface area (TPSA) is 9.86 Å². The van der Waals surface area contributed by atoms with Crippen LogP contribution in [0.3, 0.4) is 0 Å². The lowest BCUT2D eigenvalue weighted by Crippen LogP contribution is -2.00. The number of benzene rings is 6. The van der Waals surface area contributed by atoms with E-state index >= 15 is 0 Å². The Morgan fingerprint density at radius 3 is 1.74 bits per heavy atom. The van der Waals surface area contributed by atoms with Crippen molar-refractivity contribution in [1.82, 2.24) is 9.13 Å². The molecule has 178 valence electrons. The summed E-state index contributed by atoms with van der Waals surface area (Å²) in [6, 6.07) is 52.4. The maximum atomic E-state index is 2.46. The van der Waals surface area contributed by atoms with Crippen LogP contribution in [-0.4, -0.2) is 9.13 Å². The fourth-order valence-electron chi connectivity index (χ4n) is 6.16. The predicted molar refractivity (Wildman–Crippen MR) is 161 cm³/mol. The van der Waals surface area contributed by atoms with Crippen molar-refractivity contribution in [2.45, 2.75) is 0 Å². The Morgan fingerprint density at radius 2 is 0.947 bits per heavy atom. The molecule has 0 saturated heterocycles. The van der Waals surface area contributed by atoms with Gasteiger partial charge in [0.2, 0.25) is 0 Å². The number of hydrogen-bond donors (Lipinski definition) is 0. The first-order valence-corrected chi connectivity index (χ1v) is 13.1. The average molecular weight is 485 g/mol. The second-order valence-corrected chi connectivity index (χ2v) is 9.78. The molecular formula is C36H24N2. The monoisotopic (exact) mass is 484 g/mol. The van der Waals surface area contributed by atoms with Crippen molar-refractivity contribution in [3.05, 3.63) is 146 Å². The molecule has 2 aromatic heterocycles. The highest BCUT2D eigenvalue weighted by Gasteiger charge is 2.20. The third-order valence-electron chi connectivity index (χ3n) is 7.71. The van der Waals surface area contributed by atoms with Gasteiger partial charge in [0.1, 0.15) is 0 Å². The van der Waals surface area contributed by atoms with Crippen molar-refractivity contribution in [2.24, 2.45) is 0 Å². The molecule has 0 atom stereocenters. The van der Waals surface area contributed by atoms with E-state index in [1.807, 2.05) is 0 Å². The molecular weight excluding hydrogens is 460 g/mol. The zero-order valence-corrected chi connectivity index (χ0v) is 20.8. The zero-order valence-electron chi connectivity index (χ0n) is 20.8. The average Bonchev–Trinajstić information content (AvgIpc) is 3.51. The molecule has 6 aromatic carbocycles.